The lowest BCUT2D eigenvalue weighted by molar-refractivity contribution is -0.111. The minimum atomic E-state index is -0.519. The van der Waals surface area contributed by atoms with Crippen LogP contribution in [0.15, 0.2) is 82.2 Å². The number of anilines is 1. The molecule has 0 bridgehead atoms. The molecule has 1 aliphatic heterocycles. The summed E-state index contributed by atoms with van der Waals surface area (Å²) in [6, 6.07) is 16.5. The number of rotatable bonds is 6. The fraction of sp³-hybridized carbons (Fsp3) is 0.267. The summed E-state index contributed by atoms with van der Waals surface area (Å²) in [5, 5.41) is 3.86. The van der Waals surface area contributed by atoms with Crippen molar-refractivity contribution in [2.45, 2.75) is 48.1 Å². The van der Waals surface area contributed by atoms with Gasteiger partial charge in [-0.25, -0.2) is 9.37 Å². The number of thioether (sulfide) groups is 2. The van der Waals surface area contributed by atoms with Crippen LogP contribution in [0.2, 0.25) is 0 Å². The van der Waals surface area contributed by atoms with Crippen molar-refractivity contribution in [2.24, 2.45) is 0 Å². The number of benzene rings is 2. The first-order valence-corrected chi connectivity index (χ1v) is 14.8. The van der Waals surface area contributed by atoms with Gasteiger partial charge in [-0.1, -0.05) is 30.3 Å². The number of ether oxygens (including phenoxy) is 1. The number of nitrogens with zero attached hydrogens (tertiary/aromatic N) is 1. The molecule has 5 rings (SSSR count). The van der Waals surface area contributed by atoms with Crippen molar-refractivity contribution in [3.8, 4) is 5.75 Å². The number of hydrogen-bond acceptors (Lipinski definition) is 5. The standard InChI is InChI=1S/C30H29FN2O2S2/c1-19-18-25(36-2)28(29(32-19)37-3)33-26(34)15-14-23-27(20-10-12-21(31)13-11-20)22-8-4-5-9-24(22)35-30(23)16-6-7-17-30/h4-5,8-15,18H,6-7,16-17H2,1-3H3,(H,33,34)/b15-14+. The molecule has 1 N–H and O–H groups in total. The van der Waals surface area contributed by atoms with Gasteiger partial charge in [0.15, 0.2) is 0 Å². The van der Waals surface area contributed by atoms with Gasteiger partial charge in [-0.3, -0.25) is 4.79 Å². The minimum absolute atomic E-state index is 0.228. The zero-order valence-electron chi connectivity index (χ0n) is 21.1. The molecule has 1 fully saturated rings. The van der Waals surface area contributed by atoms with Crippen molar-refractivity contribution >= 4 is 40.7 Å². The number of aryl methyl sites for hydroxylation is 1. The van der Waals surface area contributed by atoms with Crippen molar-refractivity contribution in [2.75, 3.05) is 17.8 Å². The van der Waals surface area contributed by atoms with E-state index in [1.807, 2.05) is 55.8 Å². The molecular formula is C30H29FN2O2S2. The van der Waals surface area contributed by atoms with E-state index in [9.17, 15) is 9.18 Å². The molecule has 1 aromatic heterocycles. The smallest absolute Gasteiger partial charge is 0.248 e. The number of halogens is 1. The molecule has 1 spiro atoms. The molecule has 2 heterocycles. The van der Waals surface area contributed by atoms with Gasteiger partial charge in [0, 0.05) is 27.8 Å². The van der Waals surface area contributed by atoms with Crippen molar-refractivity contribution in [3.05, 3.63) is 95.0 Å². The number of aromatic nitrogens is 1. The molecule has 0 radical (unpaired) electrons. The number of carbonyl (C=O) groups excluding carboxylic acids is 1. The summed E-state index contributed by atoms with van der Waals surface area (Å²) in [7, 11) is 0. The molecule has 4 nitrogen and oxygen atoms in total. The average molecular weight is 533 g/mol. The predicted molar refractivity (Wildman–Crippen MR) is 151 cm³/mol. The first kappa shape index (κ1) is 25.6. The lowest BCUT2D eigenvalue weighted by Gasteiger charge is -2.39. The zero-order valence-corrected chi connectivity index (χ0v) is 22.8. The van der Waals surface area contributed by atoms with E-state index < -0.39 is 5.60 Å². The maximum absolute atomic E-state index is 13.8. The van der Waals surface area contributed by atoms with E-state index in [0.717, 1.165) is 75.0 Å². The molecule has 0 unspecified atom stereocenters. The van der Waals surface area contributed by atoms with Gasteiger partial charge in [0.2, 0.25) is 5.91 Å². The fourth-order valence-electron chi connectivity index (χ4n) is 5.24. The van der Waals surface area contributed by atoms with Gasteiger partial charge in [-0.05, 0) is 86.6 Å². The van der Waals surface area contributed by atoms with Crippen molar-refractivity contribution in [3.63, 3.8) is 0 Å². The fourth-order valence-corrected chi connectivity index (χ4v) is 6.55. The lowest BCUT2D eigenvalue weighted by atomic mass is 9.79. The number of amides is 1. The molecule has 0 saturated heterocycles. The Bertz CT molecular complexity index is 1370. The normalized spacial score (nSPS) is 16.2. The van der Waals surface area contributed by atoms with Gasteiger partial charge in [0.1, 0.15) is 22.2 Å². The highest BCUT2D eigenvalue weighted by Crippen LogP contribution is 2.50. The Balaban J connectivity index is 1.60. The molecular weight excluding hydrogens is 503 g/mol. The molecule has 3 aromatic rings. The summed E-state index contributed by atoms with van der Waals surface area (Å²) < 4.78 is 20.5. The number of para-hydroxylation sites is 1. The number of pyridine rings is 1. The van der Waals surface area contributed by atoms with Gasteiger partial charge >= 0.3 is 0 Å². The van der Waals surface area contributed by atoms with E-state index in [1.54, 1.807) is 30.0 Å². The second-order valence-electron chi connectivity index (χ2n) is 9.27. The van der Waals surface area contributed by atoms with Gasteiger partial charge in [-0.15, -0.1) is 23.5 Å². The van der Waals surface area contributed by atoms with Gasteiger partial charge in [0.25, 0.3) is 0 Å². The number of hydrogen-bond donors (Lipinski definition) is 1. The lowest BCUT2D eigenvalue weighted by Crippen LogP contribution is -2.38. The first-order valence-electron chi connectivity index (χ1n) is 12.3. The SMILES string of the molecule is CSc1cc(C)nc(SC)c1NC(=O)/C=C/C1=C(c2ccc(F)cc2)c2ccccc2OC12CCCC2. The molecule has 7 heteroatoms. The largest absolute Gasteiger partial charge is 0.482 e. The molecule has 2 aromatic carbocycles. The third-order valence-corrected chi connectivity index (χ3v) is 8.35. The minimum Gasteiger partial charge on any atom is -0.482 e. The van der Waals surface area contributed by atoms with Crippen LogP contribution >= 0.6 is 23.5 Å². The topological polar surface area (TPSA) is 51.2 Å². The van der Waals surface area contributed by atoms with E-state index >= 15 is 0 Å². The number of carbonyl (C=O) groups is 1. The summed E-state index contributed by atoms with van der Waals surface area (Å²) in [6.07, 6.45) is 11.3. The highest BCUT2D eigenvalue weighted by atomic mass is 32.2. The van der Waals surface area contributed by atoms with Gasteiger partial charge in [0.05, 0.1) is 5.69 Å². The average Bonchev–Trinajstić information content (AvgIpc) is 3.37. The van der Waals surface area contributed by atoms with Crippen LogP contribution in [-0.2, 0) is 4.79 Å². The van der Waals surface area contributed by atoms with E-state index in [2.05, 4.69) is 10.3 Å². The third kappa shape index (κ3) is 5.07. The van der Waals surface area contributed by atoms with E-state index in [4.69, 9.17) is 4.74 Å². The summed E-state index contributed by atoms with van der Waals surface area (Å²) in [5.41, 5.74) is 4.92. The molecule has 1 amide bonds. The van der Waals surface area contributed by atoms with E-state index in [1.165, 1.54) is 23.9 Å². The Labute approximate surface area is 225 Å². The number of nitrogens with one attached hydrogen (secondary N) is 1. The Morgan fingerprint density at radius 1 is 1.08 bits per heavy atom. The van der Waals surface area contributed by atoms with Crippen LogP contribution in [0.25, 0.3) is 5.57 Å². The molecule has 1 aliphatic carbocycles. The van der Waals surface area contributed by atoms with Crippen molar-refractivity contribution in [1.29, 1.82) is 0 Å². The summed E-state index contributed by atoms with van der Waals surface area (Å²) in [5.74, 6) is 0.317. The number of fused-ring (bicyclic) bond motifs is 1. The second-order valence-corrected chi connectivity index (χ2v) is 10.9. The summed E-state index contributed by atoms with van der Waals surface area (Å²) in [4.78, 5) is 18.8. The third-order valence-electron chi connectivity index (χ3n) is 6.91. The molecule has 0 atom stereocenters. The Hall–Kier alpha value is -3.03. The van der Waals surface area contributed by atoms with Crippen LogP contribution < -0.4 is 10.1 Å². The Kier molecular flexibility index (Phi) is 7.45. The zero-order chi connectivity index (χ0) is 26.0. The Morgan fingerprint density at radius 3 is 2.51 bits per heavy atom. The summed E-state index contributed by atoms with van der Waals surface area (Å²) >= 11 is 3.09. The van der Waals surface area contributed by atoms with Crippen LogP contribution in [0.1, 0.15) is 42.5 Å². The van der Waals surface area contributed by atoms with E-state index in [-0.39, 0.29) is 11.7 Å². The first-order chi connectivity index (χ1) is 17.9. The van der Waals surface area contributed by atoms with Gasteiger partial charge in [-0.2, -0.15) is 0 Å². The Morgan fingerprint density at radius 2 is 1.81 bits per heavy atom. The van der Waals surface area contributed by atoms with Gasteiger partial charge < -0.3 is 10.1 Å². The van der Waals surface area contributed by atoms with Crippen LogP contribution in [0.4, 0.5) is 10.1 Å². The highest BCUT2D eigenvalue weighted by Gasteiger charge is 2.44. The van der Waals surface area contributed by atoms with Crippen molar-refractivity contribution in [1.82, 2.24) is 4.98 Å². The molecule has 2 aliphatic rings. The van der Waals surface area contributed by atoms with Crippen LogP contribution in [0, 0.1) is 12.7 Å². The second kappa shape index (κ2) is 10.8. The van der Waals surface area contributed by atoms with Crippen molar-refractivity contribution < 1.29 is 13.9 Å². The predicted octanol–water partition coefficient (Wildman–Crippen LogP) is 7.67. The van der Waals surface area contributed by atoms with Crippen LogP contribution in [0.5, 0.6) is 5.75 Å². The van der Waals surface area contributed by atoms with Crippen LogP contribution in [-0.4, -0.2) is 29.0 Å². The van der Waals surface area contributed by atoms with E-state index in [0.29, 0.717) is 0 Å². The molecule has 190 valence electrons. The molecule has 37 heavy (non-hydrogen) atoms. The highest BCUT2D eigenvalue weighted by molar-refractivity contribution is 7.99. The monoisotopic (exact) mass is 532 g/mol. The maximum atomic E-state index is 13.8. The van der Waals surface area contributed by atoms with Crippen LogP contribution in [0.3, 0.4) is 0 Å². The summed E-state index contributed by atoms with van der Waals surface area (Å²) in [6.45, 7) is 1.95. The molecule has 1 saturated carbocycles. The maximum Gasteiger partial charge on any atom is 0.248 e. The quantitative estimate of drug-likeness (QED) is 0.261.